The van der Waals surface area contributed by atoms with Crippen LogP contribution in [0.1, 0.15) is 15.9 Å². The Morgan fingerprint density at radius 3 is 2.46 bits per heavy atom. The number of nitrogens with zero attached hydrogens (tertiary/aromatic N) is 1. The van der Waals surface area contributed by atoms with Crippen molar-refractivity contribution in [3.63, 3.8) is 0 Å². The minimum atomic E-state index is -1.41. The van der Waals surface area contributed by atoms with Crippen molar-refractivity contribution < 1.29 is 19.4 Å². The van der Waals surface area contributed by atoms with E-state index in [-0.39, 0.29) is 11.8 Å². The fourth-order valence-electron chi connectivity index (χ4n) is 2.67. The van der Waals surface area contributed by atoms with E-state index in [0.29, 0.717) is 11.3 Å². The van der Waals surface area contributed by atoms with Crippen LogP contribution in [0.3, 0.4) is 0 Å². The Balaban J connectivity index is 1.87. The smallest absolute Gasteiger partial charge is 0.449 e. The number of benzene rings is 2. The average molecular weight is 350 g/mol. The molecule has 3 rings (SSSR count). The van der Waals surface area contributed by atoms with Gasteiger partial charge in [-0.25, -0.2) is 4.79 Å². The van der Waals surface area contributed by atoms with E-state index < -0.39 is 6.16 Å². The van der Waals surface area contributed by atoms with Gasteiger partial charge in [0.15, 0.2) is 0 Å². The van der Waals surface area contributed by atoms with E-state index >= 15 is 0 Å². The molecule has 1 heterocycles. The minimum absolute atomic E-state index is 0.125. The van der Waals surface area contributed by atoms with E-state index in [1.807, 2.05) is 43.3 Å². The van der Waals surface area contributed by atoms with Crippen LogP contribution in [0, 0.1) is 6.92 Å². The van der Waals surface area contributed by atoms with E-state index in [4.69, 9.17) is 5.11 Å². The maximum absolute atomic E-state index is 12.7. The van der Waals surface area contributed by atoms with Crippen molar-refractivity contribution in [2.24, 2.45) is 7.05 Å². The predicted molar refractivity (Wildman–Crippen MR) is 98.6 cm³/mol. The Hall–Kier alpha value is -3.54. The molecule has 0 aliphatic heterocycles. The summed E-state index contributed by atoms with van der Waals surface area (Å²) in [4.78, 5) is 23.4. The number of anilines is 1. The summed E-state index contributed by atoms with van der Waals surface area (Å²) in [6, 6.07) is 16.7. The van der Waals surface area contributed by atoms with Crippen molar-refractivity contribution >= 4 is 17.7 Å². The fraction of sp³-hybridized carbons (Fsp3) is 0.100. The first-order valence-electron chi connectivity index (χ1n) is 7.98. The van der Waals surface area contributed by atoms with Crippen LogP contribution >= 0.6 is 0 Å². The van der Waals surface area contributed by atoms with E-state index in [0.717, 1.165) is 16.7 Å². The number of hydrogen-bond donors (Lipinski definition) is 2. The molecule has 132 valence electrons. The van der Waals surface area contributed by atoms with Crippen molar-refractivity contribution in [1.29, 1.82) is 0 Å². The molecule has 6 nitrogen and oxygen atoms in total. The first-order valence-corrected chi connectivity index (χ1v) is 7.98. The number of aromatic nitrogens is 1. The Morgan fingerprint density at radius 1 is 1.08 bits per heavy atom. The molecular weight excluding hydrogens is 332 g/mol. The van der Waals surface area contributed by atoms with Crippen molar-refractivity contribution in [2.45, 2.75) is 6.92 Å². The number of hydrogen-bond acceptors (Lipinski definition) is 3. The second-order valence-corrected chi connectivity index (χ2v) is 5.91. The molecule has 3 aromatic rings. The molecule has 26 heavy (non-hydrogen) atoms. The molecule has 1 aromatic heterocycles. The lowest BCUT2D eigenvalue weighted by molar-refractivity contribution is 0.102. The van der Waals surface area contributed by atoms with Gasteiger partial charge in [0, 0.05) is 24.9 Å². The first kappa shape index (κ1) is 17.3. The largest absolute Gasteiger partial charge is 0.512 e. The number of carboxylic acid groups (broad SMARTS) is 1. The number of amides is 1. The average Bonchev–Trinajstić information content (AvgIpc) is 2.94. The number of rotatable bonds is 4. The monoisotopic (exact) mass is 350 g/mol. The molecule has 0 aliphatic carbocycles. The molecule has 1 amide bonds. The van der Waals surface area contributed by atoms with Gasteiger partial charge in [-0.05, 0) is 24.1 Å². The molecule has 0 radical (unpaired) electrons. The van der Waals surface area contributed by atoms with Crippen LogP contribution < -0.4 is 10.1 Å². The summed E-state index contributed by atoms with van der Waals surface area (Å²) in [6.07, 6.45) is 0.179. The van der Waals surface area contributed by atoms with Gasteiger partial charge in [0.1, 0.15) is 0 Å². The molecule has 0 saturated carbocycles. The Morgan fingerprint density at radius 2 is 1.77 bits per heavy atom. The molecule has 0 fully saturated rings. The molecule has 0 aliphatic rings. The fourth-order valence-corrected chi connectivity index (χ4v) is 2.67. The summed E-state index contributed by atoms with van der Waals surface area (Å²) >= 11 is 0. The Labute approximate surface area is 150 Å². The van der Waals surface area contributed by atoms with E-state index in [9.17, 15) is 9.59 Å². The number of carbonyl (C=O) groups is 2. The molecular formula is C20H18N2O4. The van der Waals surface area contributed by atoms with Gasteiger partial charge in [-0.2, -0.15) is 0 Å². The lowest BCUT2D eigenvalue weighted by atomic mass is 9.98. The van der Waals surface area contributed by atoms with Crippen LogP contribution in [0.5, 0.6) is 5.88 Å². The van der Waals surface area contributed by atoms with Crippen LogP contribution in [-0.2, 0) is 7.05 Å². The van der Waals surface area contributed by atoms with Gasteiger partial charge in [0.2, 0.25) is 5.88 Å². The maximum Gasteiger partial charge on any atom is 0.512 e. The zero-order valence-corrected chi connectivity index (χ0v) is 14.4. The van der Waals surface area contributed by atoms with Crippen molar-refractivity contribution in [2.75, 3.05) is 5.32 Å². The molecule has 0 atom stereocenters. The molecule has 0 spiro atoms. The third-order valence-electron chi connectivity index (χ3n) is 3.94. The summed E-state index contributed by atoms with van der Waals surface area (Å²) < 4.78 is 6.13. The maximum atomic E-state index is 12.7. The molecule has 0 unspecified atom stereocenters. The van der Waals surface area contributed by atoms with Crippen molar-refractivity contribution in [3.05, 3.63) is 71.9 Å². The van der Waals surface area contributed by atoms with Gasteiger partial charge in [0.05, 0.1) is 5.69 Å². The highest BCUT2D eigenvalue weighted by Gasteiger charge is 2.15. The quantitative estimate of drug-likeness (QED) is 0.687. The highest BCUT2D eigenvalue weighted by Crippen LogP contribution is 2.26. The topological polar surface area (TPSA) is 80.6 Å². The van der Waals surface area contributed by atoms with E-state index in [1.54, 1.807) is 25.4 Å². The SMILES string of the molecule is Cc1ccc(-c2ccccc2C(=O)Nc2cc(OC(=O)O)n(C)c2)cc1. The highest BCUT2D eigenvalue weighted by molar-refractivity contribution is 6.08. The number of ether oxygens (including phenoxy) is 1. The number of aryl methyl sites for hydroxylation is 2. The van der Waals surface area contributed by atoms with Crippen LogP contribution in [0.15, 0.2) is 60.8 Å². The van der Waals surface area contributed by atoms with Crippen molar-refractivity contribution in [3.8, 4) is 17.0 Å². The lowest BCUT2D eigenvalue weighted by Gasteiger charge is -2.10. The van der Waals surface area contributed by atoms with E-state index in [1.165, 1.54) is 10.6 Å². The minimum Gasteiger partial charge on any atom is -0.449 e. The van der Waals surface area contributed by atoms with Crippen LogP contribution in [0.4, 0.5) is 10.5 Å². The van der Waals surface area contributed by atoms with Gasteiger partial charge in [-0.15, -0.1) is 0 Å². The molecule has 0 bridgehead atoms. The lowest BCUT2D eigenvalue weighted by Crippen LogP contribution is -2.12. The van der Waals surface area contributed by atoms with Crippen LogP contribution in [0.2, 0.25) is 0 Å². The van der Waals surface area contributed by atoms with Gasteiger partial charge < -0.3 is 19.7 Å². The second kappa shape index (κ2) is 7.14. The Bertz CT molecular complexity index is 958. The second-order valence-electron chi connectivity index (χ2n) is 5.91. The third kappa shape index (κ3) is 3.75. The summed E-state index contributed by atoms with van der Waals surface area (Å²) in [7, 11) is 1.63. The number of nitrogens with one attached hydrogen (secondary N) is 1. The van der Waals surface area contributed by atoms with Crippen molar-refractivity contribution in [1.82, 2.24) is 4.57 Å². The predicted octanol–water partition coefficient (Wildman–Crippen LogP) is 4.31. The summed E-state index contributed by atoms with van der Waals surface area (Å²) in [5, 5.41) is 11.5. The first-order chi connectivity index (χ1) is 12.4. The zero-order valence-electron chi connectivity index (χ0n) is 14.4. The van der Waals surface area contributed by atoms with Gasteiger partial charge in [-0.3, -0.25) is 4.79 Å². The van der Waals surface area contributed by atoms with Crippen LogP contribution in [-0.4, -0.2) is 21.7 Å². The molecule has 2 N–H and O–H groups in total. The standard InChI is InChI=1S/C20H18N2O4/c1-13-7-9-14(10-8-13)16-5-3-4-6-17(16)19(23)21-15-11-18(22(2)12-15)26-20(24)25/h3-12H,1-2H3,(H,21,23)(H,24,25). The third-order valence-corrected chi connectivity index (χ3v) is 3.94. The van der Waals surface area contributed by atoms with Gasteiger partial charge in [0.25, 0.3) is 5.91 Å². The van der Waals surface area contributed by atoms with Gasteiger partial charge in [-0.1, -0.05) is 48.0 Å². The highest BCUT2D eigenvalue weighted by atomic mass is 16.7. The normalized spacial score (nSPS) is 10.4. The molecule has 6 heteroatoms. The molecule has 0 saturated heterocycles. The zero-order chi connectivity index (χ0) is 18.7. The summed E-state index contributed by atoms with van der Waals surface area (Å²) in [6.45, 7) is 2.01. The molecule has 2 aromatic carbocycles. The van der Waals surface area contributed by atoms with E-state index in [2.05, 4.69) is 10.1 Å². The number of carbonyl (C=O) groups excluding carboxylic acids is 1. The summed E-state index contributed by atoms with van der Waals surface area (Å²) in [5.74, 6) is -0.159. The summed E-state index contributed by atoms with van der Waals surface area (Å²) in [5.41, 5.74) is 3.89. The van der Waals surface area contributed by atoms with Gasteiger partial charge >= 0.3 is 6.16 Å². The van der Waals surface area contributed by atoms with Crippen LogP contribution in [0.25, 0.3) is 11.1 Å². The Kier molecular flexibility index (Phi) is 4.75.